The first-order valence-corrected chi connectivity index (χ1v) is 9.73. The van der Waals surface area contributed by atoms with Crippen molar-refractivity contribution in [2.75, 3.05) is 18.0 Å². The van der Waals surface area contributed by atoms with Gasteiger partial charge in [-0.25, -0.2) is 9.97 Å². The molecule has 0 atom stereocenters. The molecule has 28 heavy (non-hydrogen) atoms. The Labute approximate surface area is 165 Å². The van der Waals surface area contributed by atoms with E-state index in [4.69, 9.17) is 0 Å². The summed E-state index contributed by atoms with van der Waals surface area (Å²) in [5.74, 6) is 0.854. The summed E-state index contributed by atoms with van der Waals surface area (Å²) < 4.78 is 0. The predicted octanol–water partition coefficient (Wildman–Crippen LogP) is 3.47. The maximum Gasteiger partial charge on any atom is 0.225 e. The molecule has 3 aromatic rings. The molecule has 5 heteroatoms. The Morgan fingerprint density at radius 1 is 0.893 bits per heavy atom. The third kappa shape index (κ3) is 4.55. The van der Waals surface area contributed by atoms with Gasteiger partial charge in [-0.3, -0.25) is 4.79 Å². The molecule has 1 saturated heterocycles. The fourth-order valence-corrected chi connectivity index (χ4v) is 3.59. The van der Waals surface area contributed by atoms with Gasteiger partial charge in [-0.05, 0) is 35.6 Å². The Hall–Kier alpha value is -3.21. The highest BCUT2D eigenvalue weighted by Gasteiger charge is 2.22. The number of carbonyl (C=O) groups is 1. The number of nitrogens with zero attached hydrogens (tertiary/aromatic N) is 3. The lowest BCUT2D eigenvalue weighted by Crippen LogP contribution is -2.45. The molecular formula is C23H24N4O. The maximum atomic E-state index is 12.4. The molecule has 1 aliphatic rings. The van der Waals surface area contributed by atoms with Crippen LogP contribution in [0.2, 0.25) is 0 Å². The molecule has 1 amide bonds. The zero-order valence-corrected chi connectivity index (χ0v) is 15.8. The Morgan fingerprint density at radius 3 is 2.21 bits per heavy atom. The van der Waals surface area contributed by atoms with Crippen molar-refractivity contribution in [3.8, 4) is 11.1 Å². The van der Waals surface area contributed by atoms with Crippen LogP contribution in [0.25, 0.3) is 11.1 Å². The van der Waals surface area contributed by atoms with E-state index < -0.39 is 0 Å². The minimum atomic E-state index is 0.0851. The first kappa shape index (κ1) is 18.2. The van der Waals surface area contributed by atoms with Gasteiger partial charge in [0.15, 0.2) is 0 Å². The van der Waals surface area contributed by atoms with Gasteiger partial charge in [-0.1, -0.05) is 54.6 Å². The van der Waals surface area contributed by atoms with E-state index >= 15 is 0 Å². The summed E-state index contributed by atoms with van der Waals surface area (Å²) in [5, 5.41) is 3.18. The highest BCUT2D eigenvalue weighted by molar-refractivity contribution is 5.79. The third-order valence-corrected chi connectivity index (χ3v) is 5.12. The number of aromatic nitrogens is 2. The number of carbonyl (C=O) groups excluding carboxylic acids is 1. The minimum absolute atomic E-state index is 0.0851. The molecule has 1 aliphatic heterocycles. The molecule has 0 saturated carbocycles. The number of benzene rings is 2. The van der Waals surface area contributed by atoms with Crippen LogP contribution in [-0.2, 0) is 11.2 Å². The summed E-state index contributed by atoms with van der Waals surface area (Å²) in [5.41, 5.74) is 3.39. The maximum absolute atomic E-state index is 12.4. The Bertz CT molecular complexity index is 889. The average Bonchev–Trinajstić information content (AvgIpc) is 2.76. The quantitative estimate of drug-likeness (QED) is 0.745. The Balaban J connectivity index is 1.27. The second-order valence-electron chi connectivity index (χ2n) is 7.12. The monoisotopic (exact) mass is 372 g/mol. The highest BCUT2D eigenvalue weighted by atomic mass is 16.1. The van der Waals surface area contributed by atoms with Gasteiger partial charge in [0.25, 0.3) is 0 Å². The van der Waals surface area contributed by atoms with Crippen LogP contribution in [0.5, 0.6) is 0 Å². The van der Waals surface area contributed by atoms with Crippen LogP contribution in [0, 0.1) is 0 Å². The van der Waals surface area contributed by atoms with E-state index in [0.29, 0.717) is 6.42 Å². The SMILES string of the molecule is O=C(Cc1ccc(-c2ccccc2)cc1)NC1CCN(c2ncccn2)CC1. The van der Waals surface area contributed by atoms with Crippen molar-refractivity contribution in [1.29, 1.82) is 0 Å². The summed E-state index contributed by atoms with van der Waals surface area (Å²) in [6.45, 7) is 1.72. The van der Waals surface area contributed by atoms with Crippen molar-refractivity contribution in [1.82, 2.24) is 15.3 Å². The molecule has 1 N–H and O–H groups in total. The van der Waals surface area contributed by atoms with Gasteiger partial charge in [-0.2, -0.15) is 0 Å². The van der Waals surface area contributed by atoms with Crippen LogP contribution >= 0.6 is 0 Å². The number of piperidine rings is 1. The van der Waals surface area contributed by atoms with Crippen molar-refractivity contribution in [2.45, 2.75) is 25.3 Å². The summed E-state index contributed by atoms with van der Waals surface area (Å²) in [7, 11) is 0. The van der Waals surface area contributed by atoms with Gasteiger partial charge >= 0.3 is 0 Å². The van der Waals surface area contributed by atoms with Crippen molar-refractivity contribution < 1.29 is 4.79 Å². The molecule has 5 nitrogen and oxygen atoms in total. The van der Waals surface area contributed by atoms with Crippen LogP contribution in [0.1, 0.15) is 18.4 Å². The first-order chi connectivity index (χ1) is 13.8. The largest absolute Gasteiger partial charge is 0.353 e. The van der Waals surface area contributed by atoms with E-state index in [1.165, 1.54) is 11.1 Å². The second-order valence-corrected chi connectivity index (χ2v) is 7.12. The topological polar surface area (TPSA) is 58.1 Å². The summed E-state index contributed by atoms with van der Waals surface area (Å²) in [4.78, 5) is 23.2. The van der Waals surface area contributed by atoms with Gasteiger partial charge in [0, 0.05) is 31.5 Å². The van der Waals surface area contributed by atoms with Crippen LogP contribution in [-0.4, -0.2) is 35.0 Å². The Morgan fingerprint density at radius 2 is 1.54 bits per heavy atom. The smallest absolute Gasteiger partial charge is 0.225 e. The van der Waals surface area contributed by atoms with Gasteiger partial charge in [0.1, 0.15) is 0 Å². The van der Waals surface area contributed by atoms with Gasteiger partial charge in [0.2, 0.25) is 11.9 Å². The van der Waals surface area contributed by atoms with Crippen LogP contribution in [0.3, 0.4) is 0 Å². The number of hydrogen-bond donors (Lipinski definition) is 1. The predicted molar refractivity (Wildman–Crippen MR) is 111 cm³/mol. The fraction of sp³-hybridized carbons (Fsp3) is 0.261. The van der Waals surface area contributed by atoms with Gasteiger partial charge < -0.3 is 10.2 Å². The molecule has 2 heterocycles. The minimum Gasteiger partial charge on any atom is -0.353 e. The van der Waals surface area contributed by atoms with E-state index in [0.717, 1.165) is 37.4 Å². The zero-order chi connectivity index (χ0) is 19.2. The third-order valence-electron chi connectivity index (χ3n) is 5.12. The molecule has 1 fully saturated rings. The van der Waals surface area contributed by atoms with E-state index in [9.17, 15) is 4.79 Å². The molecule has 2 aromatic carbocycles. The van der Waals surface area contributed by atoms with Crippen LogP contribution < -0.4 is 10.2 Å². The van der Waals surface area contributed by atoms with Crippen LogP contribution in [0.4, 0.5) is 5.95 Å². The van der Waals surface area contributed by atoms with Crippen molar-refractivity contribution in [3.63, 3.8) is 0 Å². The van der Waals surface area contributed by atoms with Gasteiger partial charge in [-0.15, -0.1) is 0 Å². The van der Waals surface area contributed by atoms with Gasteiger partial charge in [0.05, 0.1) is 6.42 Å². The summed E-state index contributed by atoms with van der Waals surface area (Å²) >= 11 is 0. The first-order valence-electron chi connectivity index (χ1n) is 9.73. The molecule has 0 aliphatic carbocycles. The number of anilines is 1. The summed E-state index contributed by atoms with van der Waals surface area (Å²) in [6, 6.07) is 20.5. The number of amides is 1. The van der Waals surface area contributed by atoms with E-state index in [-0.39, 0.29) is 11.9 Å². The highest BCUT2D eigenvalue weighted by Crippen LogP contribution is 2.20. The lowest BCUT2D eigenvalue weighted by molar-refractivity contribution is -0.121. The van der Waals surface area contributed by atoms with Crippen LogP contribution in [0.15, 0.2) is 73.1 Å². The lowest BCUT2D eigenvalue weighted by Gasteiger charge is -2.32. The average molecular weight is 372 g/mol. The molecule has 0 unspecified atom stereocenters. The normalized spacial score (nSPS) is 14.6. The van der Waals surface area contributed by atoms with E-state index in [1.54, 1.807) is 12.4 Å². The molecule has 4 rings (SSSR count). The van der Waals surface area contributed by atoms with E-state index in [2.05, 4.69) is 44.5 Å². The molecule has 0 radical (unpaired) electrons. The summed E-state index contributed by atoms with van der Waals surface area (Å²) in [6.07, 6.45) is 5.77. The number of hydrogen-bond acceptors (Lipinski definition) is 4. The molecular weight excluding hydrogens is 348 g/mol. The Kier molecular flexibility index (Phi) is 5.61. The van der Waals surface area contributed by atoms with Crippen molar-refractivity contribution >= 4 is 11.9 Å². The number of nitrogens with one attached hydrogen (secondary N) is 1. The molecule has 142 valence electrons. The molecule has 0 bridgehead atoms. The molecule has 1 aromatic heterocycles. The second kappa shape index (κ2) is 8.65. The van der Waals surface area contributed by atoms with E-state index in [1.807, 2.05) is 36.4 Å². The fourth-order valence-electron chi connectivity index (χ4n) is 3.59. The number of rotatable bonds is 5. The van der Waals surface area contributed by atoms with Crippen molar-refractivity contribution in [2.24, 2.45) is 0 Å². The standard InChI is InChI=1S/C23H24N4O/c28-22(17-18-7-9-20(10-8-18)19-5-2-1-3-6-19)26-21-11-15-27(16-12-21)23-24-13-4-14-25-23/h1-10,13-14,21H,11-12,15-17H2,(H,26,28). The lowest BCUT2D eigenvalue weighted by atomic mass is 10.0. The van der Waals surface area contributed by atoms with Crippen molar-refractivity contribution in [3.05, 3.63) is 78.6 Å². The molecule has 0 spiro atoms. The zero-order valence-electron chi connectivity index (χ0n) is 15.8.